The number of anilines is 2. The second-order valence-corrected chi connectivity index (χ2v) is 4.85. The zero-order chi connectivity index (χ0) is 14.8. The molecule has 0 aliphatic carbocycles. The molecule has 2 aromatic carbocycles. The van der Waals surface area contributed by atoms with Gasteiger partial charge in [-0.05, 0) is 23.8 Å². The quantitative estimate of drug-likeness (QED) is 0.912. The first kappa shape index (κ1) is 13.4. The fraction of sp³-hybridized carbons (Fsp3) is 0.188. The maximum atomic E-state index is 13.2. The van der Waals surface area contributed by atoms with Gasteiger partial charge in [0.05, 0.1) is 18.7 Å². The van der Waals surface area contributed by atoms with E-state index in [0.29, 0.717) is 18.0 Å². The number of para-hydroxylation sites is 1. The third-order valence-electron chi connectivity index (χ3n) is 3.57. The Hall–Kier alpha value is -2.56. The zero-order valence-corrected chi connectivity index (χ0v) is 11.5. The van der Waals surface area contributed by atoms with Gasteiger partial charge in [0, 0.05) is 18.3 Å². The van der Waals surface area contributed by atoms with Crippen molar-refractivity contribution in [3.8, 4) is 5.75 Å². The standard InChI is InChI=1S/C16H15FN2O2/c1-21-15-8-10(17)6-7-14(15)19-16(20)12-9-18-13-5-3-2-4-11(12)13/h2-8,12,18H,9H2,1H3,(H,19,20). The molecule has 0 spiro atoms. The van der Waals surface area contributed by atoms with E-state index in [9.17, 15) is 9.18 Å². The fourth-order valence-electron chi connectivity index (χ4n) is 2.51. The smallest absolute Gasteiger partial charge is 0.233 e. The molecule has 0 fully saturated rings. The summed E-state index contributed by atoms with van der Waals surface area (Å²) in [5, 5.41) is 6.00. The SMILES string of the molecule is COc1cc(F)ccc1NC(=O)C1CNc2ccccc21. The van der Waals surface area contributed by atoms with E-state index in [1.54, 1.807) is 0 Å². The van der Waals surface area contributed by atoms with E-state index in [4.69, 9.17) is 4.74 Å². The summed E-state index contributed by atoms with van der Waals surface area (Å²) >= 11 is 0. The third kappa shape index (κ3) is 2.54. The minimum Gasteiger partial charge on any atom is -0.494 e. The number of rotatable bonds is 3. The number of hydrogen-bond acceptors (Lipinski definition) is 3. The number of fused-ring (bicyclic) bond motifs is 1. The van der Waals surface area contributed by atoms with Crippen LogP contribution in [0, 0.1) is 5.82 Å². The van der Waals surface area contributed by atoms with Gasteiger partial charge in [-0.1, -0.05) is 18.2 Å². The second-order valence-electron chi connectivity index (χ2n) is 4.85. The Labute approximate surface area is 121 Å². The predicted molar refractivity (Wildman–Crippen MR) is 79.3 cm³/mol. The number of nitrogens with one attached hydrogen (secondary N) is 2. The number of ether oxygens (including phenoxy) is 1. The van der Waals surface area contributed by atoms with Crippen molar-refractivity contribution in [2.75, 3.05) is 24.3 Å². The zero-order valence-electron chi connectivity index (χ0n) is 11.5. The van der Waals surface area contributed by atoms with Gasteiger partial charge in [0.1, 0.15) is 11.6 Å². The summed E-state index contributed by atoms with van der Waals surface area (Å²) in [6.45, 7) is 0.550. The largest absolute Gasteiger partial charge is 0.494 e. The van der Waals surface area contributed by atoms with Crippen molar-refractivity contribution in [3.05, 3.63) is 53.8 Å². The highest BCUT2D eigenvalue weighted by Gasteiger charge is 2.28. The molecule has 3 rings (SSSR count). The van der Waals surface area contributed by atoms with Gasteiger partial charge in [-0.3, -0.25) is 4.79 Å². The molecule has 1 amide bonds. The summed E-state index contributed by atoms with van der Waals surface area (Å²) in [6.07, 6.45) is 0. The van der Waals surface area contributed by atoms with Crippen molar-refractivity contribution in [2.24, 2.45) is 0 Å². The van der Waals surface area contributed by atoms with Crippen LogP contribution < -0.4 is 15.4 Å². The number of halogens is 1. The van der Waals surface area contributed by atoms with Crippen molar-refractivity contribution in [2.45, 2.75) is 5.92 Å². The molecule has 1 heterocycles. The minimum absolute atomic E-state index is 0.141. The molecular weight excluding hydrogens is 271 g/mol. The molecule has 0 radical (unpaired) electrons. The van der Waals surface area contributed by atoms with E-state index >= 15 is 0 Å². The van der Waals surface area contributed by atoms with Crippen LogP contribution in [0.5, 0.6) is 5.75 Å². The van der Waals surface area contributed by atoms with Crippen LogP contribution >= 0.6 is 0 Å². The van der Waals surface area contributed by atoms with Gasteiger partial charge in [0.25, 0.3) is 0 Å². The van der Waals surface area contributed by atoms with Crippen molar-refractivity contribution in [1.29, 1.82) is 0 Å². The average molecular weight is 286 g/mol. The van der Waals surface area contributed by atoms with Gasteiger partial charge >= 0.3 is 0 Å². The molecule has 0 saturated carbocycles. The number of hydrogen-bond donors (Lipinski definition) is 2. The maximum Gasteiger partial charge on any atom is 0.233 e. The highest BCUT2D eigenvalue weighted by Crippen LogP contribution is 2.33. The lowest BCUT2D eigenvalue weighted by Crippen LogP contribution is -2.22. The number of carbonyl (C=O) groups is 1. The first-order valence-corrected chi connectivity index (χ1v) is 6.66. The lowest BCUT2D eigenvalue weighted by atomic mass is 10.0. The van der Waals surface area contributed by atoms with Gasteiger partial charge in [-0.25, -0.2) is 4.39 Å². The van der Waals surface area contributed by atoms with Crippen molar-refractivity contribution in [3.63, 3.8) is 0 Å². The molecule has 1 aliphatic heterocycles. The van der Waals surface area contributed by atoms with Crippen LogP contribution in [0.25, 0.3) is 0 Å². The van der Waals surface area contributed by atoms with Crippen LogP contribution in [0.15, 0.2) is 42.5 Å². The van der Waals surface area contributed by atoms with Crippen LogP contribution in [0.1, 0.15) is 11.5 Å². The summed E-state index contributed by atoms with van der Waals surface area (Å²) in [5.74, 6) is -0.506. The van der Waals surface area contributed by atoms with E-state index in [-0.39, 0.29) is 11.8 Å². The van der Waals surface area contributed by atoms with Crippen LogP contribution in [0.3, 0.4) is 0 Å². The van der Waals surface area contributed by atoms with Crippen molar-refractivity contribution >= 4 is 17.3 Å². The van der Waals surface area contributed by atoms with Crippen LogP contribution in [0.4, 0.5) is 15.8 Å². The van der Waals surface area contributed by atoms with E-state index < -0.39 is 5.82 Å². The number of amides is 1. The number of carbonyl (C=O) groups excluding carboxylic acids is 1. The Morgan fingerprint density at radius 2 is 2.14 bits per heavy atom. The summed E-state index contributed by atoms with van der Waals surface area (Å²) in [6, 6.07) is 11.7. The lowest BCUT2D eigenvalue weighted by molar-refractivity contribution is -0.117. The second kappa shape index (κ2) is 5.44. The van der Waals surface area contributed by atoms with E-state index in [1.165, 1.54) is 25.3 Å². The Morgan fingerprint density at radius 1 is 1.33 bits per heavy atom. The Balaban J connectivity index is 1.82. The van der Waals surface area contributed by atoms with E-state index in [2.05, 4.69) is 10.6 Å². The Morgan fingerprint density at radius 3 is 2.95 bits per heavy atom. The normalized spacial score (nSPS) is 16.0. The van der Waals surface area contributed by atoms with Gasteiger partial charge in [-0.2, -0.15) is 0 Å². The summed E-state index contributed by atoms with van der Waals surface area (Å²) in [7, 11) is 1.44. The van der Waals surface area contributed by atoms with Gasteiger partial charge in [0.2, 0.25) is 5.91 Å². The van der Waals surface area contributed by atoms with Crippen LogP contribution in [-0.2, 0) is 4.79 Å². The maximum absolute atomic E-state index is 13.2. The van der Waals surface area contributed by atoms with E-state index in [0.717, 1.165) is 11.3 Å². The Bertz CT molecular complexity index is 688. The van der Waals surface area contributed by atoms with Crippen LogP contribution in [-0.4, -0.2) is 19.6 Å². The first-order valence-electron chi connectivity index (χ1n) is 6.66. The number of benzene rings is 2. The molecule has 2 N–H and O–H groups in total. The van der Waals surface area contributed by atoms with E-state index in [1.807, 2.05) is 24.3 Å². The van der Waals surface area contributed by atoms with Crippen LogP contribution in [0.2, 0.25) is 0 Å². The fourth-order valence-corrected chi connectivity index (χ4v) is 2.51. The summed E-state index contributed by atoms with van der Waals surface area (Å²) in [4.78, 5) is 12.4. The van der Waals surface area contributed by atoms with Crippen molar-refractivity contribution < 1.29 is 13.9 Å². The molecule has 21 heavy (non-hydrogen) atoms. The average Bonchev–Trinajstić information content (AvgIpc) is 2.93. The van der Waals surface area contributed by atoms with Crippen molar-refractivity contribution in [1.82, 2.24) is 0 Å². The minimum atomic E-state index is -0.405. The lowest BCUT2D eigenvalue weighted by Gasteiger charge is -2.14. The highest BCUT2D eigenvalue weighted by molar-refractivity contribution is 5.99. The Kier molecular flexibility index (Phi) is 3.48. The van der Waals surface area contributed by atoms with Gasteiger partial charge in [-0.15, -0.1) is 0 Å². The summed E-state index contributed by atoms with van der Waals surface area (Å²) < 4.78 is 18.3. The molecule has 2 aromatic rings. The molecule has 1 unspecified atom stereocenters. The summed E-state index contributed by atoms with van der Waals surface area (Å²) in [5.41, 5.74) is 2.41. The third-order valence-corrected chi connectivity index (χ3v) is 3.57. The molecule has 0 bridgehead atoms. The molecule has 4 nitrogen and oxygen atoms in total. The molecule has 1 aliphatic rings. The first-order chi connectivity index (χ1) is 10.2. The number of methoxy groups -OCH3 is 1. The molecule has 0 aromatic heterocycles. The molecule has 1 atom stereocenters. The van der Waals surface area contributed by atoms with Gasteiger partial charge < -0.3 is 15.4 Å². The molecular formula is C16H15FN2O2. The molecule has 108 valence electrons. The molecule has 0 saturated heterocycles. The topological polar surface area (TPSA) is 50.4 Å². The highest BCUT2D eigenvalue weighted by atomic mass is 19.1. The van der Waals surface area contributed by atoms with Gasteiger partial charge in [0.15, 0.2) is 0 Å². The monoisotopic (exact) mass is 286 g/mol. The predicted octanol–water partition coefficient (Wildman–Crippen LogP) is 2.98. The molecule has 5 heteroatoms.